The highest BCUT2D eigenvalue weighted by atomic mass is 31.2. The largest absolute Gasteiger partial charge is 0.496 e. The van der Waals surface area contributed by atoms with Gasteiger partial charge in [0.1, 0.15) is 0 Å². The van der Waals surface area contributed by atoms with E-state index < -0.39 is 13.3 Å². The van der Waals surface area contributed by atoms with Gasteiger partial charge in [-0.3, -0.25) is 4.57 Å². The Morgan fingerprint density at radius 3 is 2.36 bits per heavy atom. The van der Waals surface area contributed by atoms with Crippen LogP contribution >= 0.6 is 7.60 Å². The fourth-order valence-corrected chi connectivity index (χ4v) is 2.36. The number of ether oxygens (including phenoxy) is 1. The molecule has 2 unspecified atom stereocenters. The Hall–Kier alpha value is -0.310. The van der Waals surface area contributed by atoms with Crippen molar-refractivity contribution in [1.29, 1.82) is 0 Å². The van der Waals surface area contributed by atoms with E-state index in [9.17, 15) is 4.57 Å². The average Bonchev–Trinajstić information content (AvgIpc) is 1.96. The smallest absolute Gasteiger partial charge is 0.328 e. The fourth-order valence-electron chi connectivity index (χ4n) is 1.32. The molecule has 0 aromatic heterocycles. The second kappa shape index (κ2) is 5.54. The van der Waals surface area contributed by atoms with E-state index in [1.54, 1.807) is 20.8 Å². The maximum atomic E-state index is 11.0. The SMILES string of the molecule is C=C(C)OC(C)CC(CC)P(=O)(O)O. The van der Waals surface area contributed by atoms with Crippen molar-refractivity contribution in [3.8, 4) is 0 Å². The first kappa shape index (κ1) is 13.7. The van der Waals surface area contributed by atoms with Crippen LogP contribution in [0, 0.1) is 0 Å². The second-order valence-corrected chi connectivity index (χ2v) is 5.43. The number of hydrogen-bond acceptors (Lipinski definition) is 2. The molecule has 2 N–H and O–H groups in total. The normalized spacial score (nSPS) is 16.1. The highest BCUT2D eigenvalue weighted by Crippen LogP contribution is 2.45. The first-order chi connectivity index (χ1) is 6.27. The molecule has 0 rings (SSSR count). The Balaban J connectivity index is 4.19. The lowest BCUT2D eigenvalue weighted by Crippen LogP contribution is -2.17. The lowest BCUT2D eigenvalue weighted by Gasteiger charge is -2.21. The molecule has 0 radical (unpaired) electrons. The summed E-state index contributed by atoms with van der Waals surface area (Å²) < 4.78 is 16.2. The van der Waals surface area contributed by atoms with E-state index in [0.29, 0.717) is 18.6 Å². The Morgan fingerprint density at radius 2 is 2.07 bits per heavy atom. The van der Waals surface area contributed by atoms with Crippen LogP contribution in [0.15, 0.2) is 12.3 Å². The standard InChI is InChI=1S/C9H19O4P/c1-5-9(14(10,11)12)6-8(4)13-7(2)3/h8-9H,2,5-6H2,1,3-4H3,(H2,10,11,12). The zero-order valence-electron chi connectivity index (χ0n) is 8.93. The summed E-state index contributed by atoms with van der Waals surface area (Å²) in [5, 5.41) is 0. The van der Waals surface area contributed by atoms with E-state index in [1.807, 2.05) is 0 Å². The quantitative estimate of drug-likeness (QED) is 0.534. The highest BCUT2D eigenvalue weighted by molar-refractivity contribution is 7.52. The maximum Gasteiger partial charge on any atom is 0.328 e. The van der Waals surface area contributed by atoms with Gasteiger partial charge < -0.3 is 14.5 Å². The van der Waals surface area contributed by atoms with Gasteiger partial charge in [0.2, 0.25) is 0 Å². The van der Waals surface area contributed by atoms with Crippen LogP contribution in [0.2, 0.25) is 0 Å². The first-order valence-corrected chi connectivity index (χ1v) is 6.32. The zero-order valence-corrected chi connectivity index (χ0v) is 9.83. The van der Waals surface area contributed by atoms with E-state index in [1.165, 1.54) is 0 Å². The van der Waals surface area contributed by atoms with Crippen LogP contribution in [0.1, 0.15) is 33.6 Å². The molecule has 0 aromatic rings. The van der Waals surface area contributed by atoms with Gasteiger partial charge in [-0.1, -0.05) is 13.5 Å². The molecule has 0 saturated heterocycles. The summed E-state index contributed by atoms with van der Waals surface area (Å²) in [5.74, 6) is 0.568. The molecule has 14 heavy (non-hydrogen) atoms. The third kappa shape index (κ3) is 5.43. The third-order valence-electron chi connectivity index (χ3n) is 1.95. The van der Waals surface area contributed by atoms with Gasteiger partial charge in [-0.15, -0.1) is 0 Å². The highest BCUT2D eigenvalue weighted by Gasteiger charge is 2.28. The molecule has 0 bridgehead atoms. The maximum absolute atomic E-state index is 11.0. The summed E-state index contributed by atoms with van der Waals surface area (Å²) >= 11 is 0. The number of hydrogen-bond donors (Lipinski definition) is 2. The van der Waals surface area contributed by atoms with Crippen molar-refractivity contribution in [3.05, 3.63) is 12.3 Å². The monoisotopic (exact) mass is 222 g/mol. The van der Waals surface area contributed by atoms with E-state index >= 15 is 0 Å². The molecule has 0 heterocycles. The summed E-state index contributed by atoms with van der Waals surface area (Å²) in [5.41, 5.74) is -0.614. The van der Waals surface area contributed by atoms with Gasteiger partial charge >= 0.3 is 7.60 Å². The minimum Gasteiger partial charge on any atom is -0.496 e. The van der Waals surface area contributed by atoms with Crippen molar-refractivity contribution in [1.82, 2.24) is 0 Å². The molecular formula is C9H19O4P. The van der Waals surface area contributed by atoms with Crippen molar-refractivity contribution in [2.24, 2.45) is 0 Å². The lowest BCUT2D eigenvalue weighted by atomic mass is 10.2. The van der Waals surface area contributed by atoms with Crippen molar-refractivity contribution >= 4 is 7.60 Å². The molecule has 84 valence electrons. The van der Waals surface area contributed by atoms with Gasteiger partial charge in [-0.05, 0) is 26.7 Å². The molecule has 0 aliphatic carbocycles. The molecule has 0 amide bonds. The fraction of sp³-hybridized carbons (Fsp3) is 0.778. The Kier molecular flexibility index (Phi) is 5.42. The summed E-state index contributed by atoms with van der Waals surface area (Å²) in [7, 11) is -3.98. The predicted molar refractivity (Wildman–Crippen MR) is 56.1 cm³/mol. The predicted octanol–water partition coefficient (Wildman–Crippen LogP) is 2.27. The minimum atomic E-state index is -3.98. The van der Waals surface area contributed by atoms with E-state index in [2.05, 4.69) is 6.58 Å². The van der Waals surface area contributed by atoms with Crippen LogP contribution in [0.5, 0.6) is 0 Å². The van der Waals surface area contributed by atoms with Gasteiger partial charge in [-0.25, -0.2) is 0 Å². The van der Waals surface area contributed by atoms with Crippen LogP contribution in [-0.4, -0.2) is 21.5 Å². The molecule has 0 aliphatic rings. The summed E-state index contributed by atoms with van der Waals surface area (Å²) in [6.07, 6.45) is 0.604. The van der Waals surface area contributed by atoms with Crippen LogP contribution in [0.25, 0.3) is 0 Å². The molecular weight excluding hydrogens is 203 g/mol. The molecule has 0 aromatic carbocycles. The Morgan fingerprint density at radius 1 is 1.57 bits per heavy atom. The summed E-state index contributed by atoms with van der Waals surface area (Å²) in [6.45, 7) is 8.84. The zero-order chi connectivity index (χ0) is 11.4. The lowest BCUT2D eigenvalue weighted by molar-refractivity contribution is 0.122. The first-order valence-electron chi connectivity index (χ1n) is 4.64. The van der Waals surface area contributed by atoms with E-state index in [0.717, 1.165) is 0 Å². The molecule has 0 saturated carbocycles. The van der Waals surface area contributed by atoms with Crippen LogP contribution in [-0.2, 0) is 9.30 Å². The Labute approximate surface area is 85.1 Å². The number of rotatable bonds is 6. The van der Waals surface area contributed by atoms with Crippen molar-refractivity contribution in [2.75, 3.05) is 0 Å². The van der Waals surface area contributed by atoms with Crippen LogP contribution < -0.4 is 0 Å². The Bertz CT molecular complexity index is 233. The molecule has 4 nitrogen and oxygen atoms in total. The second-order valence-electron chi connectivity index (χ2n) is 3.52. The molecule has 0 spiro atoms. The summed E-state index contributed by atoms with van der Waals surface area (Å²) in [6, 6.07) is 0. The van der Waals surface area contributed by atoms with Gasteiger partial charge in [0.25, 0.3) is 0 Å². The van der Waals surface area contributed by atoms with Crippen molar-refractivity contribution in [3.63, 3.8) is 0 Å². The van der Waals surface area contributed by atoms with Crippen LogP contribution in [0.4, 0.5) is 0 Å². The van der Waals surface area contributed by atoms with E-state index in [-0.39, 0.29) is 6.10 Å². The average molecular weight is 222 g/mol. The van der Waals surface area contributed by atoms with Crippen LogP contribution in [0.3, 0.4) is 0 Å². The van der Waals surface area contributed by atoms with Gasteiger partial charge in [0, 0.05) is 0 Å². The molecule has 2 atom stereocenters. The molecule has 0 aliphatic heterocycles. The third-order valence-corrected chi connectivity index (χ3v) is 3.48. The topological polar surface area (TPSA) is 66.8 Å². The van der Waals surface area contributed by atoms with Gasteiger partial charge in [0.05, 0.1) is 17.5 Å². The summed E-state index contributed by atoms with van der Waals surface area (Å²) in [4.78, 5) is 18.0. The minimum absolute atomic E-state index is 0.204. The molecule has 5 heteroatoms. The molecule has 0 fully saturated rings. The van der Waals surface area contributed by atoms with Crippen molar-refractivity contribution < 1.29 is 19.1 Å². The van der Waals surface area contributed by atoms with Gasteiger partial charge in [0.15, 0.2) is 0 Å². The number of allylic oxidation sites excluding steroid dienone is 1. The van der Waals surface area contributed by atoms with E-state index in [4.69, 9.17) is 14.5 Å². The van der Waals surface area contributed by atoms with Crippen molar-refractivity contribution in [2.45, 2.75) is 45.4 Å². The van der Waals surface area contributed by atoms with Gasteiger partial charge in [-0.2, -0.15) is 0 Å².